The topological polar surface area (TPSA) is 73.8 Å². The average Bonchev–Trinajstić information content (AvgIpc) is 3.40. The number of nitrogens with one attached hydrogen (secondary N) is 2. The van der Waals surface area contributed by atoms with E-state index in [-0.39, 0.29) is 5.41 Å². The van der Waals surface area contributed by atoms with Crippen LogP contribution < -0.4 is 10.6 Å². The molecular formula is C22H32N4O2S2. The fraction of sp³-hybridized carbons (Fsp3) is 0.500. The molecule has 2 N–H and O–H groups in total. The molecule has 2 aromatic rings. The Morgan fingerprint density at radius 1 is 1.10 bits per heavy atom. The van der Waals surface area contributed by atoms with Crippen molar-refractivity contribution in [2.45, 2.75) is 42.7 Å². The third-order valence-electron chi connectivity index (χ3n) is 5.66. The van der Waals surface area contributed by atoms with Gasteiger partial charge in [0.15, 0.2) is 5.96 Å². The Morgan fingerprint density at radius 2 is 1.80 bits per heavy atom. The minimum Gasteiger partial charge on any atom is -0.356 e. The molecular weight excluding hydrogens is 416 g/mol. The lowest BCUT2D eigenvalue weighted by Gasteiger charge is -2.19. The summed E-state index contributed by atoms with van der Waals surface area (Å²) in [6.07, 6.45) is 3.14. The van der Waals surface area contributed by atoms with Gasteiger partial charge >= 0.3 is 0 Å². The van der Waals surface area contributed by atoms with E-state index in [0.717, 1.165) is 23.8 Å². The van der Waals surface area contributed by atoms with E-state index in [1.165, 1.54) is 34.0 Å². The lowest BCUT2D eigenvalue weighted by Crippen LogP contribution is -2.41. The highest BCUT2D eigenvalue weighted by atomic mass is 32.2. The molecule has 0 unspecified atom stereocenters. The Kier molecular flexibility index (Phi) is 7.55. The van der Waals surface area contributed by atoms with Gasteiger partial charge in [-0.25, -0.2) is 8.42 Å². The third kappa shape index (κ3) is 5.22. The van der Waals surface area contributed by atoms with Crippen molar-refractivity contribution in [3.63, 3.8) is 0 Å². The number of sulfonamides is 1. The highest BCUT2D eigenvalue weighted by Gasteiger charge is 2.43. The van der Waals surface area contributed by atoms with Crippen LogP contribution in [-0.2, 0) is 21.9 Å². The average molecular weight is 449 g/mol. The van der Waals surface area contributed by atoms with Crippen LogP contribution in [0.4, 0.5) is 0 Å². The number of nitrogens with zero attached hydrogens (tertiary/aromatic N) is 2. The van der Waals surface area contributed by atoms with E-state index in [0.29, 0.717) is 23.8 Å². The van der Waals surface area contributed by atoms with Crippen molar-refractivity contribution in [1.29, 1.82) is 0 Å². The lowest BCUT2D eigenvalue weighted by atomic mass is 9.96. The Labute approximate surface area is 184 Å². The summed E-state index contributed by atoms with van der Waals surface area (Å²) in [5.74, 6) is 0.782. The summed E-state index contributed by atoms with van der Waals surface area (Å²) in [5.41, 5.74) is 1.61. The Hall–Kier alpha value is -1.90. The van der Waals surface area contributed by atoms with Gasteiger partial charge in [0.2, 0.25) is 0 Å². The maximum Gasteiger partial charge on any atom is 0.252 e. The van der Waals surface area contributed by atoms with Crippen LogP contribution in [0.2, 0.25) is 0 Å². The molecule has 0 saturated heterocycles. The lowest BCUT2D eigenvalue weighted by molar-refractivity contribution is 0.447. The van der Waals surface area contributed by atoms with Crippen LogP contribution >= 0.6 is 11.3 Å². The van der Waals surface area contributed by atoms with Crippen molar-refractivity contribution in [3.05, 3.63) is 52.9 Å². The van der Waals surface area contributed by atoms with Gasteiger partial charge in [-0.05, 0) is 37.0 Å². The third-order valence-corrected chi connectivity index (χ3v) is 9.32. The number of hydrogen-bond donors (Lipinski definition) is 2. The van der Waals surface area contributed by atoms with Crippen LogP contribution in [0, 0.1) is 0 Å². The second-order valence-corrected chi connectivity index (χ2v) is 10.9. The zero-order chi connectivity index (χ0) is 21.6. The number of rotatable bonds is 10. The largest absolute Gasteiger partial charge is 0.356 e. The smallest absolute Gasteiger partial charge is 0.252 e. The van der Waals surface area contributed by atoms with Gasteiger partial charge in [0.1, 0.15) is 4.21 Å². The van der Waals surface area contributed by atoms with Crippen LogP contribution in [0.15, 0.2) is 51.7 Å². The molecule has 1 aromatic carbocycles. The van der Waals surface area contributed by atoms with Crippen LogP contribution in [0.1, 0.15) is 37.1 Å². The van der Waals surface area contributed by atoms with Crippen molar-refractivity contribution in [1.82, 2.24) is 14.9 Å². The highest BCUT2D eigenvalue weighted by molar-refractivity contribution is 7.91. The minimum absolute atomic E-state index is 0.223. The Bertz CT molecular complexity index is 947. The van der Waals surface area contributed by atoms with Crippen molar-refractivity contribution in [2.24, 2.45) is 4.99 Å². The molecule has 1 fully saturated rings. The van der Waals surface area contributed by atoms with Crippen molar-refractivity contribution in [2.75, 3.05) is 33.2 Å². The maximum absolute atomic E-state index is 12.6. The summed E-state index contributed by atoms with van der Waals surface area (Å²) in [6.45, 7) is 6.26. The van der Waals surface area contributed by atoms with Crippen LogP contribution in [-0.4, -0.2) is 51.9 Å². The summed E-state index contributed by atoms with van der Waals surface area (Å²) >= 11 is 1.35. The molecule has 8 heteroatoms. The van der Waals surface area contributed by atoms with E-state index in [2.05, 4.69) is 46.0 Å². The summed E-state index contributed by atoms with van der Waals surface area (Å²) in [7, 11) is -1.60. The molecule has 0 bridgehead atoms. The number of hydrogen-bond acceptors (Lipinski definition) is 4. The molecule has 30 heavy (non-hydrogen) atoms. The second-order valence-electron chi connectivity index (χ2n) is 7.56. The van der Waals surface area contributed by atoms with Gasteiger partial charge in [0, 0.05) is 43.5 Å². The molecule has 164 valence electrons. The fourth-order valence-electron chi connectivity index (χ4n) is 3.61. The van der Waals surface area contributed by atoms with E-state index in [4.69, 9.17) is 0 Å². The van der Waals surface area contributed by atoms with Crippen molar-refractivity contribution >= 4 is 27.3 Å². The molecule has 6 nitrogen and oxygen atoms in total. The SMILES string of the molecule is CCN(CC)S(=O)(=O)c1ccc(CCNC(=NC)NCC2(c3ccccc3)CC2)s1. The Morgan fingerprint density at radius 3 is 2.40 bits per heavy atom. The van der Waals surface area contributed by atoms with Gasteiger partial charge in [-0.1, -0.05) is 44.2 Å². The molecule has 0 amide bonds. The quantitative estimate of drug-likeness (QED) is 0.432. The summed E-state index contributed by atoms with van der Waals surface area (Å²) in [4.78, 5) is 5.38. The Balaban J connectivity index is 1.49. The standard InChI is InChI=1S/C22H32N4O2S2/c1-4-26(5-2)30(27,28)20-12-11-19(29-20)13-16-24-21(23-3)25-17-22(14-15-22)18-9-7-6-8-10-18/h6-12H,4-5,13-17H2,1-3H3,(H2,23,24,25). The van der Waals surface area contributed by atoms with Crippen LogP contribution in [0.3, 0.4) is 0 Å². The van der Waals surface area contributed by atoms with Crippen LogP contribution in [0.5, 0.6) is 0 Å². The maximum atomic E-state index is 12.6. The zero-order valence-electron chi connectivity index (χ0n) is 18.0. The molecule has 1 aliphatic carbocycles. The minimum atomic E-state index is -3.38. The molecule has 1 aliphatic rings. The van der Waals surface area contributed by atoms with E-state index >= 15 is 0 Å². The first kappa shape index (κ1) is 22.8. The molecule has 0 radical (unpaired) electrons. The number of aliphatic imine (C=N–C) groups is 1. The number of guanidine groups is 1. The van der Waals surface area contributed by atoms with E-state index in [1.54, 1.807) is 13.1 Å². The highest BCUT2D eigenvalue weighted by Crippen LogP contribution is 2.47. The van der Waals surface area contributed by atoms with Gasteiger partial charge in [-0.3, -0.25) is 4.99 Å². The van der Waals surface area contributed by atoms with Gasteiger partial charge < -0.3 is 10.6 Å². The van der Waals surface area contributed by atoms with E-state index in [9.17, 15) is 8.42 Å². The summed E-state index contributed by atoms with van der Waals surface area (Å²) < 4.78 is 27.2. The molecule has 3 rings (SSSR count). The van der Waals surface area contributed by atoms with Gasteiger partial charge in [-0.2, -0.15) is 4.31 Å². The van der Waals surface area contributed by atoms with Crippen molar-refractivity contribution in [3.8, 4) is 0 Å². The molecule has 0 aliphatic heterocycles. The van der Waals surface area contributed by atoms with Gasteiger partial charge in [-0.15, -0.1) is 11.3 Å². The van der Waals surface area contributed by atoms with E-state index < -0.39 is 10.0 Å². The predicted octanol–water partition coefficient (Wildman–Crippen LogP) is 3.22. The molecule has 0 atom stereocenters. The monoisotopic (exact) mass is 448 g/mol. The van der Waals surface area contributed by atoms with E-state index in [1.807, 2.05) is 19.9 Å². The first-order valence-corrected chi connectivity index (χ1v) is 12.8. The molecule has 1 aromatic heterocycles. The summed E-state index contributed by atoms with van der Waals surface area (Å²) in [5, 5.41) is 6.80. The molecule has 1 heterocycles. The number of thiophene rings is 1. The fourth-order valence-corrected chi connectivity index (χ4v) is 6.58. The first-order chi connectivity index (χ1) is 14.4. The zero-order valence-corrected chi connectivity index (χ0v) is 19.7. The molecule has 1 saturated carbocycles. The summed E-state index contributed by atoms with van der Waals surface area (Å²) in [6, 6.07) is 14.3. The molecule has 0 spiro atoms. The predicted molar refractivity (Wildman–Crippen MR) is 125 cm³/mol. The van der Waals surface area contributed by atoms with Crippen molar-refractivity contribution < 1.29 is 8.42 Å². The van der Waals surface area contributed by atoms with Crippen LogP contribution in [0.25, 0.3) is 0 Å². The van der Waals surface area contributed by atoms with Gasteiger partial charge in [0.25, 0.3) is 10.0 Å². The second kappa shape index (κ2) is 9.94. The number of benzene rings is 1. The first-order valence-electron chi connectivity index (χ1n) is 10.5. The van der Waals surface area contributed by atoms with Gasteiger partial charge in [0.05, 0.1) is 0 Å². The normalized spacial score (nSPS) is 15.9.